The van der Waals surface area contributed by atoms with E-state index in [1.54, 1.807) is 12.4 Å². The SMILES string of the molecule is O=C(c1cccc(-c2cn[nH]c2)c1)N(Cc1ccccn1)CC1CCCO1. The van der Waals surface area contributed by atoms with Gasteiger partial charge in [-0.3, -0.25) is 14.9 Å². The number of nitrogens with zero attached hydrogens (tertiary/aromatic N) is 3. The number of amides is 1. The minimum atomic E-state index is -0.0125. The number of pyridine rings is 1. The zero-order valence-corrected chi connectivity index (χ0v) is 15.0. The van der Waals surface area contributed by atoms with Gasteiger partial charge in [0, 0.05) is 36.7 Å². The lowest BCUT2D eigenvalue weighted by atomic mass is 10.1. The number of H-pyrrole nitrogens is 1. The average molecular weight is 362 g/mol. The van der Waals surface area contributed by atoms with Crippen LogP contribution in [0.15, 0.2) is 61.1 Å². The van der Waals surface area contributed by atoms with E-state index in [0.717, 1.165) is 36.3 Å². The third kappa shape index (κ3) is 4.23. The van der Waals surface area contributed by atoms with E-state index < -0.39 is 0 Å². The summed E-state index contributed by atoms with van der Waals surface area (Å²) in [4.78, 5) is 19.5. The van der Waals surface area contributed by atoms with Gasteiger partial charge in [0.15, 0.2) is 0 Å². The number of hydrogen-bond donors (Lipinski definition) is 1. The molecule has 3 aromatic rings. The molecule has 138 valence electrons. The second-order valence-electron chi connectivity index (χ2n) is 6.71. The molecule has 0 saturated carbocycles. The van der Waals surface area contributed by atoms with E-state index in [2.05, 4.69) is 15.2 Å². The van der Waals surface area contributed by atoms with Crippen LogP contribution in [0.5, 0.6) is 0 Å². The molecule has 1 saturated heterocycles. The van der Waals surface area contributed by atoms with E-state index in [4.69, 9.17) is 4.74 Å². The predicted octanol–water partition coefficient (Wildman–Crippen LogP) is 3.29. The number of carbonyl (C=O) groups excluding carboxylic acids is 1. The van der Waals surface area contributed by atoms with Crippen molar-refractivity contribution in [1.82, 2.24) is 20.1 Å². The Labute approximate surface area is 158 Å². The molecule has 1 atom stereocenters. The standard InChI is InChI=1S/C21H22N4O2/c26-21(17-6-3-5-16(11-17)18-12-23-24-13-18)25(15-20-8-4-10-27-20)14-19-7-1-2-9-22-19/h1-3,5-7,9,11-13,20H,4,8,10,14-15H2,(H,23,24). The van der Waals surface area contributed by atoms with Gasteiger partial charge in [-0.25, -0.2) is 0 Å². The molecular weight excluding hydrogens is 340 g/mol. The fourth-order valence-electron chi connectivity index (χ4n) is 3.36. The van der Waals surface area contributed by atoms with Crippen LogP contribution in [-0.2, 0) is 11.3 Å². The van der Waals surface area contributed by atoms with Gasteiger partial charge in [-0.1, -0.05) is 18.2 Å². The maximum absolute atomic E-state index is 13.3. The Morgan fingerprint density at radius 2 is 2.19 bits per heavy atom. The van der Waals surface area contributed by atoms with Crippen molar-refractivity contribution in [3.05, 3.63) is 72.3 Å². The van der Waals surface area contributed by atoms with Crippen LogP contribution < -0.4 is 0 Å². The molecule has 1 unspecified atom stereocenters. The summed E-state index contributed by atoms with van der Waals surface area (Å²) >= 11 is 0. The zero-order valence-electron chi connectivity index (χ0n) is 15.0. The maximum atomic E-state index is 13.3. The lowest BCUT2D eigenvalue weighted by Crippen LogP contribution is -2.37. The molecule has 1 aliphatic heterocycles. The summed E-state index contributed by atoms with van der Waals surface area (Å²) in [5, 5.41) is 6.80. The van der Waals surface area contributed by atoms with Crippen LogP contribution in [0.4, 0.5) is 0 Å². The number of aromatic nitrogens is 3. The highest BCUT2D eigenvalue weighted by Crippen LogP contribution is 2.21. The summed E-state index contributed by atoms with van der Waals surface area (Å²) in [6, 6.07) is 13.4. The average Bonchev–Trinajstić information content (AvgIpc) is 3.42. The topological polar surface area (TPSA) is 71.1 Å². The van der Waals surface area contributed by atoms with Crippen molar-refractivity contribution in [3.8, 4) is 11.1 Å². The van der Waals surface area contributed by atoms with Crippen molar-refractivity contribution >= 4 is 5.91 Å². The quantitative estimate of drug-likeness (QED) is 0.730. The molecule has 2 aromatic heterocycles. The molecule has 0 radical (unpaired) electrons. The summed E-state index contributed by atoms with van der Waals surface area (Å²) in [6.07, 6.45) is 7.45. The van der Waals surface area contributed by atoms with E-state index in [1.807, 2.05) is 53.6 Å². The maximum Gasteiger partial charge on any atom is 0.254 e. The first kappa shape index (κ1) is 17.4. The lowest BCUT2D eigenvalue weighted by molar-refractivity contribution is 0.0504. The van der Waals surface area contributed by atoms with Crippen molar-refractivity contribution in [3.63, 3.8) is 0 Å². The van der Waals surface area contributed by atoms with Crippen molar-refractivity contribution in [1.29, 1.82) is 0 Å². The number of rotatable bonds is 6. The van der Waals surface area contributed by atoms with Crippen LogP contribution in [-0.4, -0.2) is 45.2 Å². The van der Waals surface area contributed by atoms with Gasteiger partial charge in [0.05, 0.1) is 24.5 Å². The Kier molecular flexibility index (Phi) is 5.25. The Hall–Kier alpha value is -2.99. The molecular formula is C21H22N4O2. The zero-order chi connectivity index (χ0) is 18.5. The molecule has 4 rings (SSSR count). The molecule has 1 N–H and O–H groups in total. The molecule has 0 spiro atoms. The lowest BCUT2D eigenvalue weighted by Gasteiger charge is -2.25. The van der Waals surface area contributed by atoms with Gasteiger partial charge < -0.3 is 9.64 Å². The Bertz CT molecular complexity index is 874. The summed E-state index contributed by atoms with van der Waals surface area (Å²) < 4.78 is 5.76. The second-order valence-corrected chi connectivity index (χ2v) is 6.71. The largest absolute Gasteiger partial charge is 0.376 e. The Morgan fingerprint density at radius 3 is 2.93 bits per heavy atom. The summed E-state index contributed by atoms with van der Waals surface area (Å²) in [5.74, 6) is -0.0125. The number of ether oxygens (including phenoxy) is 1. The summed E-state index contributed by atoms with van der Waals surface area (Å²) in [5.41, 5.74) is 3.45. The number of carbonyl (C=O) groups is 1. The molecule has 1 amide bonds. The molecule has 6 nitrogen and oxygen atoms in total. The number of nitrogens with one attached hydrogen (secondary N) is 1. The third-order valence-corrected chi connectivity index (χ3v) is 4.76. The number of benzene rings is 1. The minimum Gasteiger partial charge on any atom is -0.376 e. The summed E-state index contributed by atoms with van der Waals surface area (Å²) in [6.45, 7) is 1.81. The highest BCUT2D eigenvalue weighted by molar-refractivity contribution is 5.95. The highest BCUT2D eigenvalue weighted by Gasteiger charge is 2.24. The number of hydrogen-bond acceptors (Lipinski definition) is 4. The molecule has 0 aliphatic carbocycles. The first-order valence-electron chi connectivity index (χ1n) is 9.19. The molecule has 1 aromatic carbocycles. The molecule has 0 bridgehead atoms. The van der Waals surface area contributed by atoms with Crippen LogP contribution in [0, 0.1) is 0 Å². The molecule has 1 aliphatic rings. The van der Waals surface area contributed by atoms with E-state index in [0.29, 0.717) is 18.7 Å². The smallest absolute Gasteiger partial charge is 0.254 e. The monoisotopic (exact) mass is 362 g/mol. The fourth-order valence-corrected chi connectivity index (χ4v) is 3.36. The third-order valence-electron chi connectivity index (χ3n) is 4.76. The van der Waals surface area contributed by atoms with E-state index >= 15 is 0 Å². The van der Waals surface area contributed by atoms with Gasteiger partial charge in [-0.05, 0) is 42.7 Å². The summed E-state index contributed by atoms with van der Waals surface area (Å²) in [7, 11) is 0. The normalized spacial score (nSPS) is 16.4. The first-order chi connectivity index (χ1) is 13.3. The van der Waals surface area contributed by atoms with Crippen LogP contribution >= 0.6 is 0 Å². The Balaban J connectivity index is 1.58. The molecule has 3 heterocycles. The molecule has 27 heavy (non-hydrogen) atoms. The number of aromatic amines is 1. The molecule has 6 heteroatoms. The van der Waals surface area contributed by atoms with Gasteiger partial charge in [0.1, 0.15) is 0 Å². The van der Waals surface area contributed by atoms with E-state index in [-0.39, 0.29) is 12.0 Å². The van der Waals surface area contributed by atoms with Gasteiger partial charge in [0.2, 0.25) is 0 Å². The second kappa shape index (κ2) is 8.14. The van der Waals surface area contributed by atoms with Crippen LogP contribution in [0.3, 0.4) is 0 Å². The fraction of sp³-hybridized carbons (Fsp3) is 0.286. The molecule has 1 fully saturated rings. The van der Waals surface area contributed by atoms with Crippen molar-refractivity contribution < 1.29 is 9.53 Å². The van der Waals surface area contributed by atoms with Crippen LogP contribution in [0.1, 0.15) is 28.9 Å². The minimum absolute atomic E-state index is 0.0125. The highest BCUT2D eigenvalue weighted by atomic mass is 16.5. The predicted molar refractivity (Wildman–Crippen MR) is 102 cm³/mol. The van der Waals surface area contributed by atoms with Crippen LogP contribution in [0.2, 0.25) is 0 Å². The van der Waals surface area contributed by atoms with Gasteiger partial charge in [0.25, 0.3) is 5.91 Å². The Morgan fingerprint density at radius 1 is 1.22 bits per heavy atom. The van der Waals surface area contributed by atoms with E-state index in [9.17, 15) is 4.79 Å². The van der Waals surface area contributed by atoms with Gasteiger partial charge in [-0.15, -0.1) is 0 Å². The van der Waals surface area contributed by atoms with Crippen molar-refractivity contribution in [2.75, 3.05) is 13.2 Å². The van der Waals surface area contributed by atoms with Crippen molar-refractivity contribution in [2.24, 2.45) is 0 Å². The van der Waals surface area contributed by atoms with Crippen LogP contribution in [0.25, 0.3) is 11.1 Å². The van der Waals surface area contributed by atoms with Crippen molar-refractivity contribution in [2.45, 2.75) is 25.5 Å². The first-order valence-corrected chi connectivity index (χ1v) is 9.19. The van der Waals surface area contributed by atoms with E-state index in [1.165, 1.54) is 0 Å². The van der Waals surface area contributed by atoms with Gasteiger partial charge >= 0.3 is 0 Å². The van der Waals surface area contributed by atoms with Gasteiger partial charge in [-0.2, -0.15) is 5.10 Å².